The summed E-state index contributed by atoms with van der Waals surface area (Å²) in [7, 11) is 0. The molecule has 8 bridgehead atoms. The van der Waals surface area contributed by atoms with E-state index in [0.29, 0.717) is 18.4 Å². The SMILES string of the molecule is CCc1c(C)c2cc3[nH]c(cc4nc(c5c6nc(cc1[nH]2)C(C)=C6C(=C(C#N)C#N)C5)[C@@H](CCC(=O)O)[C@@H]4C)c(C)c3/C=C/c1ccc(N(CC)CC)cc1. The van der Waals surface area contributed by atoms with Crippen molar-refractivity contribution in [2.24, 2.45) is 0 Å². The summed E-state index contributed by atoms with van der Waals surface area (Å²) < 4.78 is 0. The molecule has 55 heavy (non-hydrogen) atoms. The summed E-state index contributed by atoms with van der Waals surface area (Å²) in [6.07, 6.45) is 5.89. The normalized spacial score (nSPS) is 16.1. The molecule has 7 rings (SSSR count). The highest BCUT2D eigenvalue weighted by Gasteiger charge is 2.38. The van der Waals surface area contributed by atoms with Crippen LogP contribution in [0.15, 0.2) is 53.6 Å². The van der Waals surface area contributed by atoms with Gasteiger partial charge in [-0.3, -0.25) is 9.78 Å². The van der Waals surface area contributed by atoms with Crippen LogP contribution in [-0.4, -0.2) is 44.1 Å². The Labute approximate surface area is 322 Å². The van der Waals surface area contributed by atoms with Gasteiger partial charge in [0.2, 0.25) is 0 Å². The molecule has 0 amide bonds. The van der Waals surface area contributed by atoms with E-state index in [-0.39, 0.29) is 23.8 Å². The maximum Gasteiger partial charge on any atom is 0.303 e. The van der Waals surface area contributed by atoms with E-state index in [1.165, 1.54) is 11.3 Å². The minimum absolute atomic E-state index is 0.00214. The van der Waals surface area contributed by atoms with Gasteiger partial charge in [0, 0.05) is 87.9 Å². The molecule has 2 aliphatic heterocycles. The number of carboxylic acids is 1. The number of allylic oxidation sites excluding steroid dienone is 4. The molecule has 0 fully saturated rings. The number of carbonyl (C=O) groups is 1. The van der Waals surface area contributed by atoms with Crippen molar-refractivity contribution in [2.45, 2.75) is 86.0 Å². The average Bonchev–Trinajstić information content (AvgIpc) is 3.94. The van der Waals surface area contributed by atoms with Crippen LogP contribution in [-0.2, 0) is 17.6 Å². The van der Waals surface area contributed by atoms with E-state index in [4.69, 9.17) is 9.97 Å². The van der Waals surface area contributed by atoms with E-state index < -0.39 is 5.97 Å². The Morgan fingerprint density at radius 2 is 1.62 bits per heavy atom. The van der Waals surface area contributed by atoms with E-state index >= 15 is 0 Å². The second-order valence-corrected chi connectivity index (χ2v) is 14.8. The van der Waals surface area contributed by atoms with Gasteiger partial charge in [0.15, 0.2) is 0 Å². The Balaban J connectivity index is 1.53. The Kier molecular flexibility index (Phi) is 10.1. The number of fused-ring (bicyclic) bond motifs is 8. The third-order valence-corrected chi connectivity index (χ3v) is 11.8. The standard InChI is InChI=1S/C46H47N7O2/c1-8-32-25(4)38-21-42-33(16-13-29-11-14-31(15-12-29)53(9-2)10-3)26(5)37(50-42)20-39-27(6)34(17-18-43(54)55)45(51-39)36-19-35(30(23-47)24-48)44-28(7)40(52-46(36)44)22-41(32)49-38/h11-16,20-22,27,34,49-50H,8-10,17-19H2,1-7H3,(H,54,55)/b16-13+,37-20?,38-21?,39-20?,40-22?,41-22?,42-21?,45-36?/t27-,34-/m0/s1. The number of aromatic nitrogens is 4. The summed E-state index contributed by atoms with van der Waals surface area (Å²) in [4.78, 5) is 32.2. The maximum absolute atomic E-state index is 11.9. The highest BCUT2D eigenvalue weighted by atomic mass is 16.4. The van der Waals surface area contributed by atoms with E-state index in [1.54, 1.807) is 0 Å². The first-order chi connectivity index (χ1) is 26.5. The lowest BCUT2D eigenvalue weighted by Crippen LogP contribution is -2.21. The molecular weight excluding hydrogens is 683 g/mol. The van der Waals surface area contributed by atoms with Crippen molar-refractivity contribution in [1.82, 2.24) is 19.9 Å². The lowest BCUT2D eigenvalue weighted by molar-refractivity contribution is -0.137. The molecule has 278 valence electrons. The quantitative estimate of drug-likeness (QED) is 0.145. The van der Waals surface area contributed by atoms with Gasteiger partial charge in [-0.25, -0.2) is 4.98 Å². The lowest BCUT2D eigenvalue weighted by Gasteiger charge is -2.20. The number of aliphatic carboxylic acids is 1. The molecule has 2 atom stereocenters. The number of hydrogen-bond donors (Lipinski definition) is 3. The predicted octanol–water partition coefficient (Wildman–Crippen LogP) is 10.1. The fourth-order valence-corrected chi connectivity index (χ4v) is 8.64. The minimum atomic E-state index is -0.859. The molecule has 0 spiro atoms. The molecule has 9 nitrogen and oxygen atoms in total. The molecule has 5 heterocycles. The number of anilines is 1. The monoisotopic (exact) mass is 729 g/mol. The molecule has 3 aliphatic rings. The number of hydrogen-bond acceptors (Lipinski definition) is 6. The van der Waals surface area contributed by atoms with Gasteiger partial charge in [-0.05, 0) is 111 Å². The topological polar surface area (TPSA) is 145 Å². The molecule has 0 radical (unpaired) electrons. The zero-order valence-electron chi connectivity index (χ0n) is 32.7. The van der Waals surface area contributed by atoms with Crippen molar-refractivity contribution in [1.29, 1.82) is 10.5 Å². The minimum Gasteiger partial charge on any atom is -0.481 e. The molecule has 3 aromatic heterocycles. The van der Waals surface area contributed by atoms with Crippen LogP contribution in [0.4, 0.5) is 5.69 Å². The van der Waals surface area contributed by atoms with Gasteiger partial charge in [0.05, 0.1) is 17.1 Å². The summed E-state index contributed by atoms with van der Waals surface area (Å²) in [6, 6.07) is 19.3. The average molecular weight is 730 g/mol. The number of nitriles is 2. The third-order valence-electron chi connectivity index (χ3n) is 11.8. The molecule has 9 heteroatoms. The lowest BCUT2D eigenvalue weighted by atomic mass is 9.85. The first-order valence-corrected chi connectivity index (χ1v) is 19.3. The van der Waals surface area contributed by atoms with Crippen molar-refractivity contribution < 1.29 is 9.90 Å². The maximum atomic E-state index is 11.9. The van der Waals surface area contributed by atoms with Crippen LogP contribution in [0.3, 0.4) is 0 Å². The second kappa shape index (κ2) is 14.9. The number of aryl methyl sites for hydroxylation is 3. The van der Waals surface area contributed by atoms with Crippen molar-refractivity contribution in [3.8, 4) is 12.1 Å². The number of carboxylic acid groups (broad SMARTS) is 1. The van der Waals surface area contributed by atoms with Crippen LogP contribution in [0, 0.1) is 36.5 Å². The molecule has 1 aromatic carbocycles. The number of nitrogens with one attached hydrogen (secondary N) is 2. The largest absolute Gasteiger partial charge is 0.481 e. The Morgan fingerprint density at radius 1 is 0.927 bits per heavy atom. The number of benzene rings is 1. The van der Waals surface area contributed by atoms with Gasteiger partial charge in [0.25, 0.3) is 0 Å². The first-order valence-electron chi connectivity index (χ1n) is 19.3. The van der Waals surface area contributed by atoms with Crippen LogP contribution in [0.5, 0.6) is 0 Å². The molecule has 3 N–H and O–H groups in total. The molecule has 0 unspecified atom stereocenters. The van der Waals surface area contributed by atoms with Gasteiger partial charge < -0.3 is 20.0 Å². The molecule has 1 aliphatic carbocycles. The van der Waals surface area contributed by atoms with Crippen molar-refractivity contribution >= 4 is 57.0 Å². The van der Waals surface area contributed by atoms with Gasteiger partial charge >= 0.3 is 5.97 Å². The Morgan fingerprint density at radius 3 is 2.27 bits per heavy atom. The third kappa shape index (κ3) is 6.55. The molecule has 4 aromatic rings. The fourth-order valence-electron chi connectivity index (χ4n) is 8.64. The summed E-state index contributed by atoms with van der Waals surface area (Å²) >= 11 is 0. The second-order valence-electron chi connectivity index (χ2n) is 14.8. The van der Waals surface area contributed by atoms with E-state index in [9.17, 15) is 20.4 Å². The fraction of sp³-hybridized carbons (Fsp3) is 0.326. The summed E-state index contributed by atoms with van der Waals surface area (Å²) in [5.41, 5.74) is 17.1. The Bertz CT molecular complexity index is 2570. The van der Waals surface area contributed by atoms with Gasteiger partial charge in [-0.1, -0.05) is 38.1 Å². The van der Waals surface area contributed by atoms with Crippen LogP contribution in [0.1, 0.15) is 115 Å². The van der Waals surface area contributed by atoms with Gasteiger partial charge in [-0.2, -0.15) is 10.5 Å². The van der Waals surface area contributed by atoms with Crippen molar-refractivity contribution in [3.05, 3.63) is 110 Å². The number of rotatable bonds is 9. The van der Waals surface area contributed by atoms with Crippen LogP contribution in [0.25, 0.3) is 45.4 Å². The molecular formula is C46H47N7O2. The number of H-pyrrole nitrogens is 2. The zero-order valence-corrected chi connectivity index (χ0v) is 32.7. The van der Waals surface area contributed by atoms with Crippen molar-refractivity contribution in [2.75, 3.05) is 18.0 Å². The summed E-state index contributed by atoms with van der Waals surface area (Å²) in [5.74, 6) is -1.12. The predicted molar refractivity (Wildman–Crippen MR) is 221 cm³/mol. The summed E-state index contributed by atoms with van der Waals surface area (Å²) in [6.45, 7) is 16.8. The van der Waals surface area contributed by atoms with E-state index in [0.717, 1.165) is 103 Å². The Hall–Kier alpha value is -6.19. The van der Waals surface area contributed by atoms with Crippen LogP contribution in [0.2, 0.25) is 0 Å². The highest BCUT2D eigenvalue weighted by molar-refractivity contribution is 6.04. The zero-order chi connectivity index (χ0) is 39.1. The molecule has 0 saturated carbocycles. The van der Waals surface area contributed by atoms with Gasteiger partial charge in [0.1, 0.15) is 17.7 Å². The van der Waals surface area contributed by atoms with E-state index in [1.807, 2.05) is 6.92 Å². The van der Waals surface area contributed by atoms with Crippen LogP contribution >= 0.6 is 0 Å². The van der Waals surface area contributed by atoms with Crippen LogP contribution < -0.4 is 4.90 Å². The summed E-state index contributed by atoms with van der Waals surface area (Å²) in [5, 5.41) is 29.8. The first kappa shape index (κ1) is 37.1. The molecule has 0 saturated heterocycles. The van der Waals surface area contributed by atoms with Crippen molar-refractivity contribution in [3.63, 3.8) is 0 Å². The highest BCUT2D eigenvalue weighted by Crippen LogP contribution is 2.49. The number of nitrogens with zero attached hydrogens (tertiary/aromatic N) is 5. The smallest absolute Gasteiger partial charge is 0.303 e. The van der Waals surface area contributed by atoms with Gasteiger partial charge in [-0.15, -0.1) is 0 Å². The van der Waals surface area contributed by atoms with E-state index in [2.05, 4.69) is 123 Å². The number of aromatic amines is 2.